The highest BCUT2D eigenvalue weighted by Crippen LogP contribution is 2.19. The molecule has 2 unspecified atom stereocenters. The van der Waals surface area contributed by atoms with E-state index in [0.29, 0.717) is 6.42 Å². The van der Waals surface area contributed by atoms with E-state index in [1.165, 1.54) is 4.90 Å². The lowest BCUT2D eigenvalue weighted by molar-refractivity contribution is -0.145. The van der Waals surface area contributed by atoms with E-state index in [4.69, 9.17) is 14.6 Å². The first-order valence-corrected chi connectivity index (χ1v) is 19.3. The third kappa shape index (κ3) is 13.5. The van der Waals surface area contributed by atoms with Gasteiger partial charge in [-0.15, -0.1) is 0 Å². The van der Waals surface area contributed by atoms with Crippen LogP contribution >= 0.6 is 0 Å². The van der Waals surface area contributed by atoms with E-state index < -0.39 is 77.1 Å². The highest BCUT2D eigenvalue weighted by atomic mass is 16.5. The number of ketones is 1. The fourth-order valence-electron chi connectivity index (χ4n) is 6.55. The molecule has 21 nitrogen and oxygen atoms in total. The fourth-order valence-corrected chi connectivity index (χ4v) is 6.55. The molecule has 0 aliphatic carbocycles. The van der Waals surface area contributed by atoms with Crippen molar-refractivity contribution in [3.05, 3.63) is 48.6 Å². The molecule has 4 rings (SSSR count). The summed E-state index contributed by atoms with van der Waals surface area (Å²) in [6.45, 7) is 0.000303. The Morgan fingerprint density at radius 1 is 0.550 bits per heavy atom. The van der Waals surface area contributed by atoms with Crippen molar-refractivity contribution in [3.63, 3.8) is 0 Å². The number of carboxylic acids is 1. The van der Waals surface area contributed by atoms with Gasteiger partial charge in [0.05, 0.1) is 51.4 Å². The third-order valence-electron chi connectivity index (χ3n) is 9.70. The number of nitrogens with one attached hydrogen (secondary N) is 1. The summed E-state index contributed by atoms with van der Waals surface area (Å²) < 4.78 is 11.2. The number of ether oxygens (including phenoxy) is 2. The van der Waals surface area contributed by atoms with Gasteiger partial charge in [0.25, 0.3) is 47.3 Å². The van der Waals surface area contributed by atoms with E-state index in [1.54, 1.807) is 0 Å². The monoisotopic (exact) mass is 838 g/mol. The number of hydrogen-bond donors (Lipinski definition) is 2. The van der Waals surface area contributed by atoms with Crippen LogP contribution in [0.1, 0.15) is 51.4 Å². The van der Waals surface area contributed by atoms with Crippen molar-refractivity contribution in [2.24, 2.45) is 0 Å². The normalized spacial score (nSPS) is 17.0. The van der Waals surface area contributed by atoms with Gasteiger partial charge in [-0.05, 0) is 19.3 Å². The van der Waals surface area contributed by atoms with Crippen molar-refractivity contribution >= 4 is 70.8 Å². The van der Waals surface area contributed by atoms with Gasteiger partial charge in [0, 0.05) is 101 Å². The molecule has 4 aliphatic rings. The molecule has 21 heteroatoms. The highest BCUT2D eigenvalue weighted by Gasteiger charge is 2.37. The number of rotatable bonds is 28. The number of carbonyl (C=O) groups is 12. The zero-order chi connectivity index (χ0) is 43.8. The number of carboxylic acid groups (broad SMARTS) is 1. The summed E-state index contributed by atoms with van der Waals surface area (Å²) in [5, 5.41) is 11.7. The minimum atomic E-state index is -1.15. The van der Waals surface area contributed by atoms with Crippen LogP contribution in [0.2, 0.25) is 0 Å². The first kappa shape index (κ1) is 46.2. The first-order chi connectivity index (χ1) is 28.7. The number of nitrogens with zero attached hydrogens (tertiary/aromatic N) is 5. The van der Waals surface area contributed by atoms with Gasteiger partial charge in [0.2, 0.25) is 11.8 Å². The van der Waals surface area contributed by atoms with Crippen molar-refractivity contribution in [2.75, 3.05) is 59.2 Å². The molecule has 0 saturated heterocycles. The molecule has 10 amide bonds. The van der Waals surface area contributed by atoms with Gasteiger partial charge in [-0.2, -0.15) is 0 Å². The predicted molar refractivity (Wildman–Crippen MR) is 202 cm³/mol. The number of Topliss-reactive ketones (excluding diaryl/α,β-unsaturated/α-hetero) is 1. The summed E-state index contributed by atoms with van der Waals surface area (Å²) in [6, 6.07) is -1.82. The maximum absolute atomic E-state index is 12.7. The zero-order valence-electron chi connectivity index (χ0n) is 32.7. The molecule has 4 aliphatic heterocycles. The zero-order valence-corrected chi connectivity index (χ0v) is 32.7. The summed E-state index contributed by atoms with van der Waals surface area (Å²) in [6.07, 6.45) is 8.19. The lowest BCUT2D eigenvalue weighted by atomic mass is 10.0. The van der Waals surface area contributed by atoms with Crippen LogP contribution in [0.15, 0.2) is 48.6 Å². The summed E-state index contributed by atoms with van der Waals surface area (Å²) in [5.41, 5.74) is 0. The predicted octanol–water partition coefficient (Wildman–Crippen LogP) is -1.82. The Labute approximate surface area is 343 Å². The molecule has 0 fully saturated rings. The second-order valence-corrected chi connectivity index (χ2v) is 13.9. The fraction of sp³-hybridized carbons (Fsp3) is 0.487. The van der Waals surface area contributed by atoms with Crippen LogP contribution in [0.4, 0.5) is 0 Å². The van der Waals surface area contributed by atoms with Crippen molar-refractivity contribution in [3.8, 4) is 0 Å². The summed E-state index contributed by atoms with van der Waals surface area (Å²) in [7, 11) is 0. The standard InChI is InChI=1S/C39H46N6O15/c46-28(5-3-26(44-35(53)11-12-36(44)54)24-42-31(49)7-8-32(42)50)2-1-20-59-22-18-41(30(48)15-16-39(57)58)19-23-60-21-17-40-29(47)6-4-27(45-37(55)13-14-38(45)56)25-43-33(51)9-10-34(43)52/h7-14,26-27H,1-6,15-25H2,(H,40,47)(H,57,58). The van der Waals surface area contributed by atoms with Crippen LogP contribution in [0.3, 0.4) is 0 Å². The molecule has 0 saturated carbocycles. The van der Waals surface area contributed by atoms with Crippen LogP contribution in [-0.4, -0.2) is 172 Å². The Hall–Kier alpha value is -6.48. The lowest BCUT2D eigenvalue weighted by Gasteiger charge is -2.29. The van der Waals surface area contributed by atoms with E-state index in [9.17, 15) is 57.5 Å². The number of aliphatic carboxylic acids is 1. The molecule has 0 aromatic carbocycles. The Balaban J connectivity index is 1.13. The van der Waals surface area contributed by atoms with E-state index in [1.807, 2.05) is 0 Å². The van der Waals surface area contributed by atoms with E-state index in [-0.39, 0.29) is 110 Å². The van der Waals surface area contributed by atoms with Gasteiger partial charge < -0.3 is 24.8 Å². The molecule has 4 heterocycles. The molecule has 0 aromatic heterocycles. The highest BCUT2D eigenvalue weighted by molar-refractivity contribution is 6.15. The van der Waals surface area contributed by atoms with Gasteiger partial charge in [-0.25, -0.2) is 0 Å². The topological polar surface area (TPSA) is 272 Å². The SMILES string of the molecule is O=C(O)CCC(=O)N(CCOCCCC(=O)CCC(CN1C(=O)C=CC1=O)N1C(=O)C=CC1=O)CCOCCNC(=O)CCC(CN1C(=O)C=CC1=O)N1C(=O)C=CC1=O. The van der Waals surface area contributed by atoms with E-state index >= 15 is 0 Å². The van der Waals surface area contributed by atoms with Crippen LogP contribution in [0.5, 0.6) is 0 Å². The molecule has 322 valence electrons. The minimum Gasteiger partial charge on any atom is -0.481 e. The molecule has 0 spiro atoms. The quantitative estimate of drug-likeness (QED) is 0.0649. The van der Waals surface area contributed by atoms with E-state index in [2.05, 4.69) is 5.32 Å². The number of amides is 10. The van der Waals surface area contributed by atoms with Crippen LogP contribution in [0.25, 0.3) is 0 Å². The molecule has 60 heavy (non-hydrogen) atoms. The van der Waals surface area contributed by atoms with Crippen LogP contribution in [0, 0.1) is 0 Å². The maximum atomic E-state index is 12.7. The van der Waals surface area contributed by atoms with Crippen molar-refractivity contribution in [1.82, 2.24) is 29.8 Å². The Morgan fingerprint density at radius 2 is 0.983 bits per heavy atom. The smallest absolute Gasteiger partial charge is 0.303 e. The maximum Gasteiger partial charge on any atom is 0.303 e. The van der Waals surface area contributed by atoms with Gasteiger partial charge in [0.15, 0.2) is 0 Å². The number of carbonyl (C=O) groups excluding carboxylic acids is 11. The third-order valence-corrected chi connectivity index (χ3v) is 9.70. The van der Waals surface area contributed by atoms with Crippen LogP contribution in [-0.2, 0) is 67.0 Å². The molecular weight excluding hydrogens is 792 g/mol. The second kappa shape index (κ2) is 22.6. The van der Waals surface area contributed by atoms with Gasteiger partial charge in [0.1, 0.15) is 5.78 Å². The van der Waals surface area contributed by atoms with Crippen molar-refractivity contribution in [2.45, 2.75) is 63.5 Å². The van der Waals surface area contributed by atoms with Crippen LogP contribution < -0.4 is 5.32 Å². The second-order valence-electron chi connectivity index (χ2n) is 13.9. The summed E-state index contributed by atoms with van der Waals surface area (Å²) in [4.78, 5) is 152. The van der Waals surface area contributed by atoms with Gasteiger partial charge >= 0.3 is 5.97 Å². The summed E-state index contributed by atoms with van der Waals surface area (Å²) >= 11 is 0. The molecule has 2 N–H and O–H groups in total. The molecule has 0 bridgehead atoms. The minimum absolute atomic E-state index is 0.0241. The Kier molecular flexibility index (Phi) is 17.4. The van der Waals surface area contributed by atoms with Crippen molar-refractivity contribution in [1.29, 1.82) is 0 Å². The average molecular weight is 839 g/mol. The molecular formula is C39H46N6O15. The number of imide groups is 4. The Bertz CT molecular complexity index is 1700. The summed E-state index contributed by atoms with van der Waals surface area (Å²) in [5.74, 6) is -7.06. The van der Waals surface area contributed by atoms with E-state index in [0.717, 1.165) is 68.2 Å². The largest absolute Gasteiger partial charge is 0.481 e. The number of hydrogen-bond acceptors (Lipinski definition) is 14. The molecule has 0 radical (unpaired) electrons. The average Bonchev–Trinajstić information content (AvgIpc) is 3.93. The molecule has 2 atom stereocenters. The molecule has 0 aromatic rings. The van der Waals surface area contributed by atoms with Gasteiger partial charge in [-0.3, -0.25) is 77.1 Å². The van der Waals surface area contributed by atoms with Gasteiger partial charge in [-0.1, -0.05) is 0 Å². The lowest BCUT2D eigenvalue weighted by Crippen LogP contribution is -2.49. The Morgan fingerprint density at radius 3 is 1.45 bits per heavy atom. The van der Waals surface area contributed by atoms with Crippen molar-refractivity contribution < 1.29 is 72.1 Å². The first-order valence-electron chi connectivity index (χ1n) is 19.3.